The Kier molecular flexibility index (Phi) is 6.03. The summed E-state index contributed by atoms with van der Waals surface area (Å²) in [6.07, 6.45) is 1.48. The number of hydrogen-bond donors (Lipinski definition) is 1. The lowest BCUT2D eigenvalue weighted by molar-refractivity contribution is -0.122. The minimum atomic E-state index is -0.608. The van der Waals surface area contributed by atoms with Gasteiger partial charge in [-0.3, -0.25) is 19.8 Å². The predicted octanol–water partition coefficient (Wildman–Crippen LogP) is 5.48. The highest BCUT2D eigenvalue weighted by atomic mass is 79.9. The molecule has 0 atom stereocenters. The van der Waals surface area contributed by atoms with Crippen molar-refractivity contribution in [1.82, 2.24) is 9.88 Å². The van der Waals surface area contributed by atoms with Crippen LogP contribution in [0.4, 0.5) is 10.1 Å². The molecule has 1 N–H and O–H groups in total. The topological polar surface area (TPSA) is 54.3 Å². The van der Waals surface area contributed by atoms with Gasteiger partial charge in [0.1, 0.15) is 11.4 Å². The van der Waals surface area contributed by atoms with E-state index >= 15 is 0 Å². The van der Waals surface area contributed by atoms with Crippen molar-refractivity contribution in [2.24, 2.45) is 0 Å². The minimum absolute atomic E-state index is 0.0485. The predicted molar refractivity (Wildman–Crippen MR) is 131 cm³/mol. The summed E-state index contributed by atoms with van der Waals surface area (Å²) in [6, 6.07) is 13.3. The number of nitrogens with one attached hydrogen (secondary N) is 1. The maximum Gasteiger partial charge on any atom is 0.270 e. The van der Waals surface area contributed by atoms with Crippen molar-refractivity contribution >= 4 is 68.4 Å². The average Bonchev–Trinajstić information content (AvgIpc) is 3.00. The number of hydrogen-bond acceptors (Lipinski definition) is 3. The monoisotopic (exact) mass is 531 g/mol. The SMILES string of the molecule is Cc1cc(/C=C2\C(=O)NC(=S)N(c3ccccc3Cl)C2=O)c(C)n1-c1ccc(Br)cc1F. The normalized spacial score (nSPS) is 15.5. The number of aromatic nitrogens is 1. The number of anilines is 1. The standard InChI is InChI=1S/C23H16BrClFN3O2S/c1-12-9-14(13(2)28(12)20-8-7-15(24)11-18(20)26)10-16-21(30)27-23(32)29(22(16)31)19-6-4-3-5-17(19)25/h3-11H,1-2H3,(H,27,30,32)/b16-10+. The van der Waals surface area contributed by atoms with Gasteiger partial charge in [0.25, 0.3) is 11.8 Å². The van der Waals surface area contributed by atoms with E-state index in [-0.39, 0.29) is 10.7 Å². The summed E-state index contributed by atoms with van der Waals surface area (Å²) in [5, 5.41) is 2.82. The highest BCUT2D eigenvalue weighted by molar-refractivity contribution is 9.10. The summed E-state index contributed by atoms with van der Waals surface area (Å²) in [6.45, 7) is 3.62. The van der Waals surface area contributed by atoms with Crippen LogP contribution in [-0.4, -0.2) is 21.5 Å². The van der Waals surface area contributed by atoms with E-state index in [4.69, 9.17) is 23.8 Å². The number of amides is 2. The van der Waals surface area contributed by atoms with Crippen LogP contribution in [0.25, 0.3) is 11.8 Å². The van der Waals surface area contributed by atoms with Crippen LogP contribution < -0.4 is 10.2 Å². The summed E-state index contributed by atoms with van der Waals surface area (Å²) >= 11 is 14.7. The molecular formula is C23H16BrClFN3O2S. The molecule has 2 amide bonds. The van der Waals surface area contributed by atoms with Crippen LogP contribution in [0.2, 0.25) is 5.02 Å². The largest absolute Gasteiger partial charge is 0.315 e. The van der Waals surface area contributed by atoms with Crippen molar-refractivity contribution in [1.29, 1.82) is 0 Å². The van der Waals surface area contributed by atoms with Gasteiger partial charge in [-0.25, -0.2) is 4.39 Å². The molecule has 2 heterocycles. The zero-order chi connectivity index (χ0) is 23.2. The first-order valence-electron chi connectivity index (χ1n) is 9.49. The Morgan fingerprint density at radius 3 is 2.50 bits per heavy atom. The van der Waals surface area contributed by atoms with E-state index < -0.39 is 17.6 Å². The van der Waals surface area contributed by atoms with Gasteiger partial charge in [-0.05, 0) is 74.1 Å². The fourth-order valence-corrected chi connectivity index (χ4v) is 4.46. The molecule has 162 valence electrons. The first kappa shape index (κ1) is 22.4. The third-order valence-corrected chi connectivity index (χ3v) is 6.21. The third kappa shape index (κ3) is 3.90. The van der Waals surface area contributed by atoms with Crippen LogP contribution in [0.15, 0.2) is 58.6 Å². The number of rotatable bonds is 3. The molecule has 0 unspecified atom stereocenters. The summed E-state index contributed by atoms with van der Waals surface area (Å²) < 4.78 is 17.0. The van der Waals surface area contributed by atoms with Crippen molar-refractivity contribution in [2.75, 3.05) is 4.90 Å². The van der Waals surface area contributed by atoms with Gasteiger partial charge in [-0.1, -0.05) is 39.7 Å². The first-order valence-corrected chi connectivity index (χ1v) is 11.1. The maximum atomic E-state index is 14.6. The van der Waals surface area contributed by atoms with Crippen molar-refractivity contribution in [3.63, 3.8) is 0 Å². The Balaban J connectivity index is 1.80. The van der Waals surface area contributed by atoms with E-state index in [0.29, 0.717) is 32.1 Å². The van der Waals surface area contributed by atoms with Crippen LogP contribution in [0.1, 0.15) is 17.0 Å². The number of carbonyl (C=O) groups excluding carboxylic acids is 2. The molecule has 0 aliphatic carbocycles. The molecule has 0 bridgehead atoms. The van der Waals surface area contributed by atoms with Crippen LogP contribution in [-0.2, 0) is 9.59 Å². The quantitative estimate of drug-likeness (QED) is 0.276. The highest BCUT2D eigenvalue weighted by Gasteiger charge is 2.35. The highest BCUT2D eigenvalue weighted by Crippen LogP contribution is 2.30. The molecule has 5 nitrogen and oxygen atoms in total. The first-order chi connectivity index (χ1) is 15.2. The number of thiocarbonyl (C=S) groups is 1. The van der Waals surface area contributed by atoms with Gasteiger partial charge in [0.2, 0.25) is 0 Å². The number of aryl methyl sites for hydroxylation is 1. The lowest BCUT2D eigenvalue weighted by Gasteiger charge is -2.29. The number of carbonyl (C=O) groups is 2. The van der Waals surface area contributed by atoms with Crippen LogP contribution >= 0.6 is 39.7 Å². The fraction of sp³-hybridized carbons (Fsp3) is 0.0870. The van der Waals surface area contributed by atoms with Crippen molar-refractivity contribution in [2.45, 2.75) is 13.8 Å². The molecule has 0 saturated carbocycles. The zero-order valence-corrected chi connectivity index (χ0v) is 20.1. The van der Waals surface area contributed by atoms with Crippen molar-refractivity contribution in [3.05, 3.63) is 86.4 Å². The van der Waals surface area contributed by atoms with Crippen molar-refractivity contribution < 1.29 is 14.0 Å². The molecule has 0 spiro atoms. The molecule has 1 aliphatic rings. The summed E-state index contributed by atoms with van der Waals surface area (Å²) in [7, 11) is 0. The Bertz CT molecular complexity index is 1330. The number of nitrogens with zero attached hydrogens (tertiary/aromatic N) is 2. The maximum absolute atomic E-state index is 14.6. The molecular weight excluding hydrogens is 517 g/mol. The molecule has 0 radical (unpaired) electrons. The Morgan fingerprint density at radius 2 is 1.81 bits per heavy atom. The lowest BCUT2D eigenvalue weighted by Crippen LogP contribution is -2.54. The van der Waals surface area contributed by atoms with Gasteiger partial charge in [0.15, 0.2) is 5.11 Å². The van der Waals surface area contributed by atoms with E-state index in [1.165, 1.54) is 17.0 Å². The van der Waals surface area contributed by atoms with Gasteiger partial charge >= 0.3 is 0 Å². The molecule has 1 saturated heterocycles. The summed E-state index contributed by atoms with van der Waals surface area (Å²) in [5.41, 5.74) is 2.67. The van der Waals surface area contributed by atoms with E-state index in [0.717, 1.165) is 5.69 Å². The molecule has 1 aliphatic heterocycles. The summed E-state index contributed by atoms with van der Waals surface area (Å²) in [4.78, 5) is 27.1. The van der Waals surface area contributed by atoms with Gasteiger partial charge in [-0.2, -0.15) is 0 Å². The Labute approximate surface area is 202 Å². The third-order valence-electron chi connectivity index (χ3n) is 5.12. The molecule has 1 fully saturated rings. The van der Waals surface area contributed by atoms with Crippen molar-refractivity contribution in [3.8, 4) is 5.69 Å². The molecule has 1 aromatic heterocycles. The second-order valence-corrected chi connectivity index (χ2v) is 8.88. The van der Waals surface area contributed by atoms with Gasteiger partial charge in [-0.15, -0.1) is 0 Å². The second-order valence-electron chi connectivity index (χ2n) is 7.17. The zero-order valence-electron chi connectivity index (χ0n) is 16.9. The molecule has 9 heteroatoms. The van der Waals surface area contributed by atoms with E-state index in [2.05, 4.69) is 21.2 Å². The van der Waals surface area contributed by atoms with E-state index in [1.54, 1.807) is 54.0 Å². The van der Waals surface area contributed by atoms with Gasteiger partial charge < -0.3 is 4.57 Å². The Morgan fingerprint density at radius 1 is 1.09 bits per heavy atom. The van der Waals surface area contributed by atoms with Crippen LogP contribution in [0.3, 0.4) is 0 Å². The number of halogens is 3. The fourth-order valence-electron chi connectivity index (χ4n) is 3.63. The second kappa shape index (κ2) is 8.61. The minimum Gasteiger partial charge on any atom is -0.315 e. The lowest BCUT2D eigenvalue weighted by atomic mass is 10.1. The van der Waals surface area contributed by atoms with Crippen LogP contribution in [0, 0.1) is 19.7 Å². The van der Waals surface area contributed by atoms with Gasteiger partial charge in [0.05, 0.1) is 16.4 Å². The molecule has 32 heavy (non-hydrogen) atoms. The van der Waals surface area contributed by atoms with E-state index in [9.17, 15) is 14.0 Å². The summed E-state index contributed by atoms with van der Waals surface area (Å²) in [5.74, 6) is -1.60. The van der Waals surface area contributed by atoms with Gasteiger partial charge in [0, 0.05) is 15.9 Å². The number of benzene rings is 2. The molecule has 3 aromatic rings. The smallest absolute Gasteiger partial charge is 0.270 e. The average molecular weight is 533 g/mol. The molecule has 4 rings (SSSR count). The van der Waals surface area contributed by atoms with Crippen LogP contribution in [0.5, 0.6) is 0 Å². The number of para-hydroxylation sites is 1. The molecule has 2 aromatic carbocycles. The van der Waals surface area contributed by atoms with E-state index in [1.807, 2.05) is 6.92 Å². The Hall–Kier alpha value is -2.81.